The zero-order valence-electron chi connectivity index (χ0n) is 15.5. The van der Waals surface area contributed by atoms with Crippen molar-refractivity contribution in [2.24, 2.45) is 0 Å². The van der Waals surface area contributed by atoms with Gasteiger partial charge in [0.2, 0.25) is 5.91 Å². The number of nitrogens with zero attached hydrogens (tertiary/aromatic N) is 1. The summed E-state index contributed by atoms with van der Waals surface area (Å²) in [6.07, 6.45) is -0.219. The maximum atomic E-state index is 12.8. The summed E-state index contributed by atoms with van der Waals surface area (Å²) in [5.41, 5.74) is -0.0481. The lowest BCUT2D eigenvalue weighted by Crippen LogP contribution is -2.32. The molecule has 28 heavy (non-hydrogen) atoms. The molecule has 0 atom stereocenters. The van der Waals surface area contributed by atoms with Gasteiger partial charge in [-0.2, -0.15) is 0 Å². The van der Waals surface area contributed by atoms with Crippen LogP contribution >= 0.6 is 12.4 Å². The van der Waals surface area contributed by atoms with Gasteiger partial charge in [0, 0.05) is 29.8 Å². The number of phenols is 2. The Kier molecular flexibility index (Phi) is 6.43. The number of halogens is 1. The second kappa shape index (κ2) is 8.41. The number of rotatable bonds is 5. The fraction of sp³-hybridized carbons (Fsp3) is 0.250. The van der Waals surface area contributed by atoms with Crippen LogP contribution in [0.4, 0.5) is 0 Å². The molecule has 0 heterocycles. The van der Waals surface area contributed by atoms with E-state index in [1.54, 1.807) is 12.1 Å². The molecule has 3 N–H and O–H groups in total. The van der Waals surface area contributed by atoms with Crippen molar-refractivity contribution in [3.8, 4) is 11.5 Å². The highest BCUT2D eigenvalue weighted by Crippen LogP contribution is 2.40. The van der Waals surface area contributed by atoms with Crippen molar-refractivity contribution in [3.05, 3.63) is 58.1 Å². The van der Waals surface area contributed by atoms with Gasteiger partial charge < -0.3 is 20.4 Å². The second-order valence-corrected chi connectivity index (χ2v) is 6.69. The molecule has 0 aromatic heterocycles. The zero-order chi connectivity index (χ0) is 19.7. The molecular weight excluding hydrogens is 384 g/mol. The molecule has 0 radical (unpaired) electrons. The summed E-state index contributed by atoms with van der Waals surface area (Å²) in [7, 11) is 3.75. The number of hydrogen-bond acceptors (Lipinski definition) is 6. The van der Waals surface area contributed by atoms with Crippen LogP contribution in [0.5, 0.6) is 11.5 Å². The summed E-state index contributed by atoms with van der Waals surface area (Å²) in [5.74, 6) is -2.32. The Morgan fingerprint density at radius 3 is 2.18 bits per heavy atom. The highest BCUT2D eigenvalue weighted by atomic mass is 35.5. The summed E-state index contributed by atoms with van der Waals surface area (Å²) in [4.78, 5) is 39.4. The molecule has 148 valence electrons. The number of amides is 1. The molecule has 0 bridgehead atoms. The van der Waals surface area contributed by atoms with E-state index in [1.165, 1.54) is 18.2 Å². The van der Waals surface area contributed by atoms with E-state index in [4.69, 9.17) is 0 Å². The van der Waals surface area contributed by atoms with E-state index in [0.717, 1.165) is 0 Å². The van der Waals surface area contributed by atoms with E-state index in [9.17, 15) is 24.6 Å². The van der Waals surface area contributed by atoms with Gasteiger partial charge in [-0.25, -0.2) is 0 Å². The number of hydrogen-bond donors (Lipinski definition) is 3. The molecule has 2 aromatic carbocycles. The summed E-state index contributed by atoms with van der Waals surface area (Å²) in [6.45, 7) is 1.07. The molecule has 0 unspecified atom stereocenters. The summed E-state index contributed by atoms with van der Waals surface area (Å²) in [5, 5.41) is 23.6. The number of fused-ring (bicyclic) bond motifs is 2. The van der Waals surface area contributed by atoms with Crippen molar-refractivity contribution in [3.63, 3.8) is 0 Å². The molecule has 7 nitrogen and oxygen atoms in total. The Morgan fingerprint density at radius 2 is 1.61 bits per heavy atom. The number of benzene rings is 2. The zero-order valence-corrected chi connectivity index (χ0v) is 16.3. The Balaban J connectivity index is 0.00000280. The molecule has 0 fully saturated rings. The van der Waals surface area contributed by atoms with E-state index in [2.05, 4.69) is 5.32 Å². The van der Waals surface area contributed by atoms with Crippen molar-refractivity contribution < 1.29 is 24.6 Å². The van der Waals surface area contributed by atoms with E-state index >= 15 is 0 Å². The average Bonchev–Trinajstić information content (AvgIpc) is 2.62. The van der Waals surface area contributed by atoms with Crippen molar-refractivity contribution in [1.29, 1.82) is 0 Å². The minimum Gasteiger partial charge on any atom is -0.507 e. The standard InChI is InChI=1S/C20H20N2O5.ClH/c1-22(2)8-7-21-15(24)10-11-9-14(23)16-17(18(11)25)20(27)13-6-4-3-5-12(13)19(16)26;/h3-6,9,23,25H,7-8,10H2,1-2H3,(H,21,24);1H. The monoisotopic (exact) mass is 404 g/mol. The van der Waals surface area contributed by atoms with E-state index < -0.39 is 23.1 Å². The maximum absolute atomic E-state index is 12.8. The molecule has 8 heteroatoms. The van der Waals surface area contributed by atoms with E-state index in [-0.39, 0.29) is 52.6 Å². The summed E-state index contributed by atoms with van der Waals surface area (Å²) >= 11 is 0. The largest absolute Gasteiger partial charge is 0.507 e. The molecule has 1 amide bonds. The van der Waals surface area contributed by atoms with Crippen LogP contribution < -0.4 is 5.32 Å². The minimum atomic E-state index is -0.553. The Morgan fingerprint density at radius 1 is 1.04 bits per heavy atom. The fourth-order valence-electron chi connectivity index (χ4n) is 3.10. The molecule has 2 aromatic rings. The smallest absolute Gasteiger partial charge is 0.224 e. The average molecular weight is 405 g/mol. The quantitative estimate of drug-likeness (QED) is 0.556. The first-order chi connectivity index (χ1) is 12.8. The minimum absolute atomic E-state index is 0. The lowest BCUT2D eigenvalue weighted by molar-refractivity contribution is -0.120. The van der Waals surface area contributed by atoms with Crippen molar-refractivity contribution in [1.82, 2.24) is 10.2 Å². The lowest BCUT2D eigenvalue weighted by atomic mass is 9.82. The van der Waals surface area contributed by atoms with Gasteiger partial charge in [0.05, 0.1) is 17.5 Å². The van der Waals surface area contributed by atoms with Gasteiger partial charge in [-0.1, -0.05) is 24.3 Å². The predicted octanol–water partition coefficient (Wildman–Crippen LogP) is 1.52. The van der Waals surface area contributed by atoms with Gasteiger partial charge in [0.25, 0.3) is 0 Å². The van der Waals surface area contributed by atoms with Crippen LogP contribution in [0.2, 0.25) is 0 Å². The third-order valence-electron chi connectivity index (χ3n) is 4.46. The van der Waals surface area contributed by atoms with Gasteiger partial charge in [0.1, 0.15) is 11.5 Å². The maximum Gasteiger partial charge on any atom is 0.224 e. The Bertz CT molecular complexity index is 956. The summed E-state index contributed by atoms with van der Waals surface area (Å²) < 4.78 is 0. The third-order valence-corrected chi connectivity index (χ3v) is 4.46. The fourth-order valence-corrected chi connectivity index (χ4v) is 3.10. The topological polar surface area (TPSA) is 107 Å². The van der Waals surface area contributed by atoms with E-state index in [0.29, 0.717) is 13.1 Å². The normalized spacial score (nSPS) is 12.2. The molecule has 3 rings (SSSR count). The first-order valence-electron chi connectivity index (χ1n) is 8.49. The number of phenolic OH excluding ortho intramolecular Hbond substituents is 2. The Labute approximate surface area is 168 Å². The predicted molar refractivity (Wildman–Crippen MR) is 106 cm³/mol. The van der Waals surface area contributed by atoms with Crippen LogP contribution in [-0.4, -0.2) is 59.8 Å². The number of ketones is 2. The number of likely N-dealkylation sites (N-methyl/N-ethyl adjacent to an activating group) is 1. The highest BCUT2D eigenvalue weighted by molar-refractivity contribution is 6.30. The van der Waals surface area contributed by atoms with Crippen LogP contribution in [0, 0.1) is 0 Å². The SMILES string of the molecule is CN(C)CCNC(=O)Cc1cc(O)c2c(c1O)C(=O)c1ccccc1C2=O.Cl. The van der Waals surface area contributed by atoms with Gasteiger partial charge in [-0.3, -0.25) is 14.4 Å². The number of aromatic hydroxyl groups is 2. The van der Waals surface area contributed by atoms with Crippen LogP contribution in [-0.2, 0) is 11.2 Å². The molecule has 1 aliphatic carbocycles. The van der Waals surface area contributed by atoms with Gasteiger partial charge in [0.15, 0.2) is 11.6 Å². The van der Waals surface area contributed by atoms with Crippen molar-refractivity contribution >= 4 is 29.9 Å². The molecule has 0 aliphatic heterocycles. The molecular formula is C20H21ClN2O5. The molecule has 0 spiro atoms. The molecule has 0 saturated carbocycles. The van der Waals surface area contributed by atoms with Gasteiger partial charge in [-0.05, 0) is 20.2 Å². The first-order valence-corrected chi connectivity index (χ1v) is 8.49. The van der Waals surface area contributed by atoms with Gasteiger partial charge in [-0.15, -0.1) is 12.4 Å². The second-order valence-electron chi connectivity index (χ2n) is 6.69. The van der Waals surface area contributed by atoms with Crippen LogP contribution in [0.3, 0.4) is 0 Å². The molecule has 1 aliphatic rings. The molecule has 0 saturated heterocycles. The summed E-state index contributed by atoms with van der Waals surface area (Å²) in [6, 6.07) is 7.40. The number of carbonyl (C=O) groups excluding carboxylic acids is 3. The van der Waals surface area contributed by atoms with Crippen LogP contribution in [0.25, 0.3) is 0 Å². The van der Waals surface area contributed by atoms with Gasteiger partial charge >= 0.3 is 0 Å². The van der Waals surface area contributed by atoms with Crippen molar-refractivity contribution in [2.75, 3.05) is 27.2 Å². The van der Waals surface area contributed by atoms with E-state index in [1.807, 2.05) is 19.0 Å². The van der Waals surface area contributed by atoms with Crippen molar-refractivity contribution in [2.45, 2.75) is 6.42 Å². The highest BCUT2D eigenvalue weighted by Gasteiger charge is 2.35. The number of nitrogens with one attached hydrogen (secondary N) is 1. The third kappa shape index (κ3) is 3.85. The van der Waals surface area contributed by atoms with Crippen LogP contribution in [0.15, 0.2) is 30.3 Å². The Hall–Kier alpha value is -2.90. The lowest BCUT2D eigenvalue weighted by Gasteiger charge is -2.21. The number of carbonyl (C=O) groups is 3. The van der Waals surface area contributed by atoms with Crippen LogP contribution in [0.1, 0.15) is 37.4 Å². The first kappa shape index (κ1) is 21.4.